The lowest BCUT2D eigenvalue weighted by atomic mass is 10.2. The molecule has 26 heavy (non-hydrogen) atoms. The zero-order valence-corrected chi connectivity index (χ0v) is 16.4. The van der Waals surface area contributed by atoms with E-state index in [4.69, 9.17) is 11.6 Å². The largest absolute Gasteiger partial charge is 0.332 e. The maximum atomic E-state index is 12.7. The minimum atomic E-state index is -0.391. The Morgan fingerprint density at radius 1 is 1.08 bits per heavy atom. The lowest BCUT2D eigenvalue weighted by molar-refractivity contribution is 0.696. The van der Waals surface area contributed by atoms with Gasteiger partial charge in [0.15, 0.2) is 5.65 Å². The first kappa shape index (κ1) is 18.7. The number of benzene rings is 1. The van der Waals surface area contributed by atoms with Crippen molar-refractivity contribution in [1.82, 2.24) is 19.1 Å². The van der Waals surface area contributed by atoms with Gasteiger partial charge in [0.1, 0.15) is 16.2 Å². The summed E-state index contributed by atoms with van der Waals surface area (Å²) in [5, 5.41) is 1.67. The number of fused-ring (bicyclic) bond motifs is 1. The van der Waals surface area contributed by atoms with Crippen LogP contribution in [0.5, 0.6) is 0 Å². The van der Waals surface area contributed by atoms with E-state index in [1.165, 1.54) is 23.4 Å². The van der Waals surface area contributed by atoms with Gasteiger partial charge in [-0.2, -0.15) is 0 Å². The smallest absolute Gasteiger partial charge is 0.280 e. The molecule has 0 saturated carbocycles. The van der Waals surface area contributed by atoms with E-state index in [0.29, 0.717) is 39.1 Å². The van der Waals surface area contributed by atoms with Crippen LogP contribution < -0.4 is 11.2 Å². The first-order valence-electron chi connectivity index (χ1n) is 8.26. The van der Waals surface area contributed by atoms with Crippen molar-refractivity contribution >= 4 is 34.4 Å². The normalized spacial score (nSPS) is 11.2. The summed E-state index contributed by atoms with van der Waals surface area (Å²) < 4.78 is 2.50. The number of hydrogen-bond acceptors (Lipinski definition) is 5. The van der Waals surface area contributed by atoms with E-state index in [0.717, 1.165) is 16.6 Å². The van der Waals surface area contributed by atoms with Crippen molar-refractivity contribution in [2.24, 2.45) is 14.1 Å². The van der Waals surface area contributed by atoms with Gasteiger partial charge >= 0.3 is 5.69 Å². The first-order chi connectivity index (χ1) is 12.4. The zero-order chi connectivity index (χ0) is 18.8. The van der Waals surface area contributed by atoms with Crippen LogP contribution in [0, 0.1) is 0 Å². The fraction of sp³-hybridized carbons (Fsp3) is 0.333. The Hall–Kier alpha value is -2.12. The molecule has 0 unspecified atom stereocenters. The summed E-state index contributed by atoms with van der Waals surface area (Å²) in [4.78, 5) is 34.0. The molecule has 0 bridgehead atoms. The minimum Gasteiger partial charge on any atom is -0.280 e. The van der Waals surface area contributed by atoms with Gasteiger partial charge in [0.05, 0.1) is 0 Å². The molecule has 1 aromatic carbocycles. The van der Waals surface area contributed by atoms with Gasteiger partial charge in [-0.1, -0.05) is 30.7 Å². The molecular formula is C18H19ClN4O2S. The van der Waals surface area contributed by atoms with Gasteiger partial charge in [-0.3, -0.25) is 13.9 Å². The molecule has 6 nitrogen and oxygen atoms in total. The standard InChI is InChI=1S/C18H19ClN4O2S/c1-4-5-13-20-15-14(17(24)23(3)18(25)22(15)2)16(21-13)26-10-11-6-8-12(19)9-7-11/h6-9H,4-5,10H2,1-3H3. The van der Waals surface area contributed by atoms with E-state index in [1.807, 2.05) is 31.2 Å². The Morgan fingerprint density at radius 2 is 1.77 bits per heavy atom. The third kappa shape index (κ3) is 3.54. The lowest BCUT2D eigenvalue weighted by Gasteiger charge is -2.11. The van der Waals surface area contributed by atoms with Crippen molar-refractivity contribution in [2.45, 2.75) is 30.5 Å². The predicted molar refractivity (Wildman–Crippen MR) is 105 cm³/mol. The van der Waals surface area contributed by atoms with E-state index in [-0.39, 0.29) is 5.56 Å². The zero-order valence-electron chi connectivity index (χ0n) is 14.8. The molecule has 0 aliphatic carbocycles. The number of aromatic nitrogens is 4. The van der Waals surface area contributed by atoms with Gasteiger partial charge in [0, 0.05) is 31.3 Å². The van der Waals surface area contributed by atoms with Crippen LogP contribution in [0.1, 0.15) is 24.7 Å². The van der Waals surface area contributed by atoms with Gasteiger partial charge < -0.3 is 0 Å². The van der Waals surface area contributed by atoms with E-state index in [2.05, 4.69) is 9.97 Å². The van der Waals surface area contributed by atoms with Crippen LogP contribution in [0.25, 0.3) is 11.0 Å². The van der Waals surface area contributed by atoms with E-state index >= 15 is 0 Å². The Morgan fingerprint density at radius 3 is 2.42 bits per heavy atom. The van der Waals surface area contributed by atoms with Crippen molar-refractivity contribution in [3.8, 4) is 0 Å². The third-order valence-corrected chi connectivity index (χ3v) is 5.37. The number of rotatable bonds is 5. The number of thioether (sulfide) groups is 1. The molecule has 0 fully saturated rings. The van der Waals surface area contributed by atoms with Crippen molar-refractivity contribution in [2.75, 3.05) is 0 Å². The molecule has 0 aliphatic rings. The number of halogens is 1. The molecule has 2 heterocycles. The van der Waals surface area contributed by atoms with Gasteiger partial charge in [0.25, 0.3) is 5.56 Å². The van der Waals surface area contributed by atoms with Crippen LogP contribution in [0.15, 0.2) is 38.9 Å². The number of hydrogen-bond donors (Lipinski definition) is 0. The van der Waals surface area contributed by atoms with Crippen LogP contribution in [0.4, 0.5) is 0 Å². The second kappa shape index (κ2) is 7.63. The molecule has 3 rings (SSSR count). The van der Waals surface area contributed by atoms with Crippen molar-refractivity contribution in [1.29, 1.82) is 0 Å². The molecule has 3 aromatic rings. The number of nitrogens with zero attached hydrogens (tertiary/aromatic N) is 4. The molecule has 2 aromatic heterocycles. The SMILES string of the molecule is CCCc1nc(SCc2ccc(Cl)cc2)c2c(=O)n(C)c(=O)n(C)c2n1. The van der Waals surface area contributed by atoms with Crippen LogP contribution in [0.3, 0.4) is 0 Å². The van der Waals surface area contributed by atoms with Crippen molar-refractivity contribution < 1.29 is 0 Å². The highest BCUT2D eigenvalue weighted by molar-refractivity contribution is 7.98. The highest BCUT2D eigenvalue weighted by atomic mass is 35.5. The monoisotopic (exact) mass is 390 g/mol. The van der Waals surface area contributed by atoms with Crippen molar-refractivity contribution in [3.63, 3.8) is 0 Å². The van der Waals surface area contributed by atoms with Gasteiger partial charge in [0.2, 0.25) is 0 Å². The first-order valence-corrected chi connectivity index (χ1v) is 9.62. The Bertz CT molecular complexity index is 1070. The third-order valence-electron chi connectivity index (χ3n) is 4.08. The predicted octanol–water partition coefficient (Wildman–Crippen LogP) is 2.93. The van der Waals surface area contributed by atoms with Crippen molar-refractivity contribution in [3.05, 3.63) is 61.5 Å². The summed E-state index contributed by atoms with van der Waals surface area (Å²) in [6, 6.07) is 7.56. The topological polar surface area (TPSA) is 69.8 Å². The second-order valence-corrected chi connectivity index (χ2v) is 7.41. The fourth-order valence-electron chi connectivity index (χ4n) is 2.64. The average molecular weight is 391 g/mol. The fourth-order valence-corrected chi connectivity index (χ4v) is 3.76. The summed E-state index contributed by atoms with van der Waals surface area (Å²) in [6.45, 7) is 2.04. The maximum Gasteiger partial charge on any atom is 0.332 e. The summed E-state index contributed by atoms with van der Waals surface area (Å²) in [7, 11) is 3.10. The summed E-state index contributed by atoms with van der Waals surface area (Å²) in [6.07, 6.45) is 1.57. The summed E-state index contributed by atoms with van der Waals surface area (Å²) >= 11 is 7.39. The molecule has 0 radical (unpaired) electrons. The molecule has 8 heteroatoms. The van der Waals surface area contributed by atoms with E-state index in [1.54, 1.807) is 7.05 Å². The quantitative estimate of drug-likeness (QED) is 0.495. The summed E-state index contributed by atoms with van der Waals surface area (Å²) in [5.41, 5.74) is 0.696. The minimum absolute atomic E-state index is 0.371. The van der Waals surface area contributed by atoms with E-state index < -0.39 is 5.69 Å². The van der Waals surface area contributed by atoms with Gasteiger partial charge in [-0.15, -0.1) is 11.8 Å². The van der Waals surface area contributed by atoms with Gasteiger partial charge in [-0.05, 0) is 24.1 Å². The van der Waals surface area contributed by atoms with Crippen LogP contribution in [-0.2, 0) is 26.3 Å². The Kier molecular flexibility index (Phi) is 5.48. The molecule has 0 N–H and O–H groups in total. The molecular weight excluding hydrogens is 372 g/mol. The van der Waals surface area contributed by atoms with Crippen LogP contribution in [-0.4, -0.2) is 19.1 Å². The van der Waals surface area contributed by atoms with Crippen LogP contribution in [0.2, 0.25) is 5.02 Å². The van der Waals surface area contributed by atoms with Crippen LogP contribution >= 0.6 is 23.4 Å². The number of aryl methyl sites for hydroxylation is 2. The summed E-state index contributed by atoms with van der Waals surface area (Å²) in [5.74, 6) is 1.28. The maximum absolute atomic E-state index is 12.7. The highest BCUT2D eigenvalue weighted by Gasteiger charge is 2.17. The Balaban J connectivity index is 2.14. The molecule has 0 saturated heterocycles. The lowest BCUT2D eigenvalue weighted by Crippen LogP contribution is -2.37. The second-order valence-electron chi connectivity index (χ2n) is 6.01. The Labute approximate surface area is 159 Å². The average Bonchev–Trinajstić information content (AvgIpc) is 2.64. The highest BCUT2D eigenvalue weighted by Crippen LogP contribution is 2.26. The molecule has 136 valence electrons. The molecule has 0 aliphatic heterocycles. The molecule has 0 amide bonds. The van der Waals surface area contributed by atoms with Gasteiger partial charge in [-0.25, -0.2) is 14.8 Å². The van der Waals surface area contributed by atoms with E-state index in [9.17, 15) is 9.59 Å². The molecule has 0 atom stereocenters. The molecule has 0 spiro atoms.